The maximum absolute atomic E-state index is 5.66. The molecule has 1 aromatic carbocycles. The number of benzene rings is 1. The summed E-state index contributed by atoms with van der Waals surface area (Å²) in [6, 6.07) is 5.85. The van der Waals surface area contributed by atoms with E-state index in [0.717, 1.165) is 5.69 Å². The van der Waals surface area contributed by atoms with Crippen LogP contribution in [0, 0.1) is 0 Å². The van der Waals surface area contributed by atoms with Gasteiger partial charge in [0.15, 0.2) is 0 Å². The van der Waals surface area contributed by atoms with E-state index in [1.165, 1.54) is 5.56 Å². The van der Waals surface area contributed by atoms with E-state index < -0.39 is 0 Å². The van der Waals surface area contributed by atoms with Crippen LogP contribution in [-0.2, 0) is 0 Å². The fourth-order valence-electron chi connectivity index (χ4n) is 1.06. The third kappa shape index (κ3) is 1.68. The maximum Gasteiger partial charge on any atom is 0.0718 e. The molecule has 1 rings (SSSR count). The third-order valence-electron chi connectivity index (χ3n) is 1.90. The van der Waals surface area contributed by atoms with Crippen LogP contribution in [0.3, 0.4) is 0 Å². The average molecular weight is 165 g/mol. The first-order valence-corrected chi connectivity index (χ1v) is 4.01. The number of nitrogens with one attached hydrogen (secondary N) is 1. The first-order chi connectivity index (χ1) is 5.65. The topological polar surface area (TPSA) is 64.1 Å². The van der Waals surface area contributed by atoms with E-state index in [1.807, 2.05) is 18.2 Å². The molecule has 0 unspecified atom stereocenters. The van der Waals surface area contributed by atoms with Gasteiger partial charge in [-0.25, -0.2) is 0 Å². The summed E-state index contributed by atoms with van der Waals surface area (Å²) >= 11 is 0. The minimum Gasteiger partial charge on any atom is -0.397 e. The summed E-state index contributed by atoms with van der Waals surface area (Å²) < 4.78 is 0. The lowest BCUT2D eigenvalue weighted by Crippen LogP contribution is -2.09. The first kappa shape index (κ1) is 8.87. The second-order valence-electron chi connectivity index (χ2n) is 3.15. The molecule has 0 amide bonds. The number of rotatable bonds is 2. The molecule has 0 fully saturated rings. The van der Waals surface area contributed by atoms with Crippen molar-refractivity contribution in [1.29, 1.82) is 0 Å². The van der Waals surface area contributed by atoms with Gasteiger partial charge in [-0.15, -0.1) is 0 Å². The van der Waals surface area contributed by atoms with Gasteiger partial charge in [0, 0.05) is 0 Å². The highest BCUT2D eigenvalue weighted by Crippen LogP contribution is 2.23. The fraction of sp³-hybridized carbons (Fsp3) is 0.333. The van der Waals surface area contributed by atoms with Crippen LogP contribution in [0.4, 0.5) is 11.4 Å². The van der Waals surface area contributed by atoms with E-state index in [-0.39, 0.29) is 0 Å². The Morgan fingerprint density at radius 1 is 1.33 bits per heavy atom. The van der Waals surface area contributed by atoms with Crippen molar-refractivity contribution in [2.45, 2.75) is 19.8 Å². The van der Waals surface area contributed by atoms with E-state index in [1.54, 1.807) is 0 Å². The molecule has 0 saturated carbocycles. The molecule has 3 nitrogen and oxygen atoms in total. The van der Waals surface area contributed by atoms with Gasteiger partial charge in [-0.3, -0.25) is 5.84 Å². The van der Waals surface area contributed by atoms with E-state index in [2.05, 4.69) is 19.3 Å². The lowest BCUT2D eigenvalue weighted by Gasteiger charge is -2.09. The fourth-order valence-corrected chi connectivity index (χ4v) is 1.06. The molecule has 0 radical (unpaired) electrons. The van der Waals surface area contributed by atoms with Crippen LogP contribution in [0.15, 0.2) is 18.2 Å². The van der Waals surface area contributed by atoms with Crippen LogP contribution in [-0.4, -0.2) is 0 Å². The molecule has 0 heterocycles. The number of hydrazine groups is 1. The molecule has 0 saturated heterocycles. The Hall–Kier alpha value is -1.22. The molecule has 5 N–H and O–H groups in total. The van der Waals surface area contributed by atoms with Gasteiger partial charge in [0.2, 0.25) is 0 Å². The molecule has 0 aliphatic heterocycles. The van der Waals surface area contributed by atoms with E-state index >= 15 is 0 Å². The lowest BCUT2D eigenvalue weighted by molar-refractivity contribution is 0.867. The van der Waals surface area contributed by atoms with Gasteiger partial charge in [0.05, 0.1) is 11.4 Å². The molecular formula is C9H15N3. The molecule has 0 aromatic heterocycles. The highest BCUT2D eigenvalue weighted by atomic mass is 15.2. The molecule has 0 atom stereocenters. The highest BCUT2D eigenvalue weighted by Gasteiger charge is 2.02. The quantitative estimate of drug-likeness (QED) is 0.355. The Morgan fingerprint density at radius 2 is 2.00 bits per heavy atom. The monoisotopic (exact) mass is 165 g/mol. The highest BCUT2D eigenvalue weighted by molar-refractivity contribution is 5.66. The Bertz CT molecular complexity index is 268. The standard InChI is InChI=1S/C9H15N3/c1-6(2)7-3-4-8(10)9(5-7)12-11/h3-6,12H,10-11H2,1-2H3. The minimum absolute atomic E-state index is 0.498. The molecule has 0 bridgehead atoms. The normalized spacial score (nSPS) is 10.3. The molecule has 66 valence electrons. The van der Waals surface area contributed by atoms with Crippen LogP contribution < -0.4 is 17.0 Å². The van der Waals surface area contributed by atoms with Crippen LogP contribution in [0.25, 0.3) is 0 Å². The van der Waals surface area contributed by atoms with E-state index in [9.17, 15) is 0 Å². The van der Waals surface area contributed by atoms with Gasteiger partial charge in [-0.05, 0) is 23.6 Å². The predicted octanol–water partition coefficient (Wildman–Crippen LogP) is 1.68. The number of anilines is 2. The van der Waals surface area contributed by atoms with Gasteiger partial charge >= 0.3 is 0 Å². The van der Waals surface area contributed by atoms with Crippen molar-refractivity contribution < 1.29 is 0 Å². The number of hydrogen-bond donors (Lipinski definition) is 3. The Kier molecular flexibility index (Phi) is 2.55. The van der Waals surface area contributed by atoms with Gasteiger partial charge in [-0.1, -0.05) is 19.9 Å². The molecular weight excluding hydrogens is 150 g/mol. The van der Waals surface area contributed by atoms with Crippen molar-refractivity contribution in [2.75, 3.05) is 11.2 Å². The van der Waals surface area contributed by atoms with E-state index in [0.29, 0.717) is 11.6 Å². The van der Waals surface area contributed by atoms with Crippen LogP contribution >= 0.6 is 0 Å². The summed E-state index contributed by atoms with van der Waals surface area (Å²) in [4.78, 5) is 0. The number of nitrogen functional groups attached to an aromatic ring is 2. The molecule has 12 heavy (non-hydrogen) atoms. The third-order valence-corrected chi connectivity index (χ3v) is 1.90. The predicted molar refractivity (Wildman–Crippen MR) is 52.8 cm³/mol. The largest absolute Gasteiger partial charge is 0.397 e. The molecule has 1 aromatic rings. The van der Waals surface area contributed by atoms with Crippen LogP contribution in [0.5, 0.6) is 0 Å². The second-order valence-corrected chi connectivity index (χ2v) is 3.15. The summed E-state index contributed by atoms with van der Waals surface area (Å²) in [6.45, 7) is 4.26. The first-order valence-electron chi connectivity index (χ1n) is 4.01. The number of nitrogens with two attached hydrogens (primary N) is 2. The maximum atomic E-state index is 5.66. The van der Waals surface area contributed by atoms with Crippen LogP contribution in [0.2, 0.25) is 0 Å². The average Bonchev–Trinajstić information content (AvgIpc) is 2.05. The SMILES string of the molecule is CC(C)c1ccc(N)c(NN)c1. The lowest BCUT2D eigenvalue weighted by atomic mass is 10.0. The Labute approximate surface area is 72.7 Å². The van der Waals surface area contributed by atoms with Crippen LogP contribution in [0.1, 0.15) is 25.3 Å². The van der Waals surface area contributed by atoms with Crippen molar-refractivity contribution in [1.82, 2.24) is 0 Å². The molecule has 0 aliphatic carbocycles. The summed E-state index contributed by atoms with van der Waals surface area (Å²) in [5.41, 5.74) is 10.9. The van der Waals surface area contributed by atoms with Crippen molar-refractivity contribution >= 4 is 11.4 Å². The Morgan fingerprint density at radius 3 is 2.50 bits per heavy atom. The number of hydrogen-bond acceptors (Lipinski definition) is 3. The smallest absolute Gasteiger partial charge is 0.0718 e. The van der Waals surface area contributed by atoms with E-state index in [4.69, 9.17) is 11.6 Å². The zero-order valence-electron chi connectivity index (χ0n) is 7.46. The zero-order valence-corrected chi connectivity index (χ0v) is 7.46. The van der Waals surface area contributed by atoms with Gasteiger partial charge in [-0.2, -0.15) is 0 Å². The summed E-state index contributed by atoms with van der Waals surface area (Å²) in [7, 11) is 0. The summed E-state index contributed by atoms with van der Waals surface area (Å²) in [6.07, 6.45) is 0. The van der Waals surface area contributed by atoms with Crippen molar-refractivity contribution in [3.8, 4) is 0 Å². The second kappa shape index (κ2) is 3.45. The van der Waals surface area contributed by atoms with Gasteiger partial charge < -0.3 is 11.2 Å². The van der Waals surface area contributed by atoms with Gasteiger partial charge in [0.1, 0.15) is 0 Å². The van der Waals surface area contributed by atoms with Crippen molar-refractivity contribution in [3.05, 3.63) is 23.8 Å². The molecule has 0 spiro atoms. The summed E-state index contributed by atoms with van der Waals surface area (Å²) in [5.74, 6) is 5.79. The molecule has 3 heteroatoms. The minimum atomic E-state index is 0.498. The van der Waals surface area contributed by atoms with Crippen molar-refractivity contribution in [3.63, 3.8) is 0 Å². The summed E-state index contributed by atoms with van der Waals surface area (Å²) in [5, 5.41) is 0. The van der Waals surface area contributed by atoms with Crippen molar-refractivity contribution in [2.24, 2.45) is 5.84 Å². The molecule has 0 aliphatic rings. The van der Waals surface area contributed by atoms with Gasteiger partial charge in [0.25, 0.3) is 0 Å². The Balaban J connectivity index is 3.05. The zero-order chi connectivity index (χ0) is 9.14.